The normalized spacial score (nSPS) is 12.5. The number of carbonyl (C=O) groups is 1. The molecule has 0 aliphatic heterocycles. The highest BCUT2D eigenvalue weighted by molar-refractivity contribution is 5.95. The predicted molar refractivity (Wildman–Crippen MR) is 110 cm³/mol. The summed E-state index contributed by atoms with van der Waals surface area (Å²) in [5.74, 6) is 0.905. The van der Waals surface area contributed by atoms with Crippen LogP contribution in [0.5, 0.6) is 0 Å². The lowest BCUT2D eigenvalue weighted by Crippen LogP contribution is -2.23. The zero-order valence-electron chi connectivity index (χ0n) is 16.9. The number of benzene rings is 1. The number of fused-ring (bicyclic) bond motifs is 3. The maximum absolute atomic E-state index is 12.7. The third-order valence-electron chi connectivity index (χ3n) is 5.51. The number of carbonyl (C=O) groups excluding carboxylic acids is 1. The second kappa shape index (κ2) is 7.33. The first kappa shape index (κ1) is 18.4. The molecule has 5 rings (SSSR count). The summed E-state index contributed by atoms with van der Waals surface area (Å²) < 4.78 is 12.7. The molecular formula is C23H22N4O3. The molecule has 0 atom stereocenters. The van der Waals surface area contributed by atoms with Gasteiger partial charge in [0, 0.05) is 29.8 Å². The topological polar surface area (TPSA) is 86.1 Å². The van der Waals surface area contributed by atoms with Gasteiger partial charge in [-0.25, -0.2) is 0 Å². The Labute approximate surface area is 173 Å². The lowest BCUT2D eigenvalue weighted by molar-refractivity contribution is 0.0919. The molecule has 152 valence electrons. The van der Waals surface area contributed by atoms with Gasteiger partial charge in [0.15, 0.2) is 5.76 Å². The molecule has 7 nitrogen and oxygen atoms in total. The van der Waals surface area contributed by atoms with Crippen LogP contribution in [0.2, 0.25) is 0 Å². The molecule has 3 heterocycles. The van der Waals surface area contributed by atoms with Crippen molar-refractivity contribution >= 4 is 5.91 Å². The van der Waals surface area contributed by atoms with Gasteiger partial charge in [-0.3, -0.25) is 9.48 Å². The molecule has 4 aromatic rings. The second-order valence-electron chi connectivity index (χ2n) is 7.71. The molecule has 1 aliphatic rings. The van der Waals surface area contributed by atoms with E-state index in [1.807, 2.05) is 11.6 Å². The van der Waals surface area contributed by atoms with Gasteiger partial charge in [0.05, 0.1) is 18.8 Å². The lowest BCUT2D eigenvalue weighted by Gasteiger charge is -2.09. The Hall–Kier alpha value is -3.61. The first-order valence-corrected chi connectivity index (χ1v) is 10.0. The lowest BCUT2D eigenvalue weighted by atomic mass is 9.93. The minimum absolute atomic E-state index is 0.259. The Morgan fingerprint density at radius 3 is 2.77 bits per heavy atom. The van der Waals surface area contributed by atoms with Gasteiger partial charge in [-0.2, -0.15) is 5.10 Å². The van der Waals surface area contributed by atoms with Crippen LogP contribution in [0.25, 0.3) is 11.3 Å². The van der Waals surface area contributed by atoms with Crippen LogP contribution in [-0.4, -0.2) is 20.8 Å². The summed E-state index contributed by atoms with van der Waals surface area (Å²) in [4.78, 5) is 12.7. The highest BCUT2D eigenvalue weighted by Crippen LogP contribution is 2.38. The van der Waals surface area contributed by atoms with Gasteiger partial charge in [-0.05, 0) is 31.4 Å². The monoisotopic (exact) mass is 402 g/mol. The van der Waals surface area contributed by atoms with E-state index in [1.165, 1.54) is 23.0 Å². The minimum Gasteiger partial charge on any atom is -0.455 e. The van der Waals surface area contributed by atoms with Crippen molar-refractivity contribution in [2.24, 2.45) is 0 Å². The third-order valence-corrected chi connectivity index (χ3v) is 5.51. The summed E-state index contributed by atoms with van der Waals surface area (Å²) >= 11 is 0. The van der Waals surface area contributed by atoms with Crippen molar-refractivity contribution in [2.75, 3.05) is 0 Å². The minimum atomic E-state index is -0.259. The Balaban J connectivity index is 1.40. The van der Waals surface area contributed by atoms with Gasteiger partial charge >= 0.3 is 0 Å². The summed E-state index contributed by atoms with van der Waals surface area (Å²) in [5.41, 5.74) is 6.99. The van der Waals surface area contributed by atoms with E-state index in [2.05, 4.69) is 47.9 Å². The fourth-order valence-electron chi connectivity index (χ4n) is 3.92. The smallest absolute Gasteiger partial charge is 0.287 e. The molecule has 1 amide bonds. The highest BCUT2D eigenvalue weighted by atomic mass is 16.5. The van der Waals surface area contributed by atoms with Crippen molar-refractivity contribution in [3.05, 3.63) is 82.3 Å². The summed E-state index contributed by atoms with van der Waals surface area (Å²) in [7, 11) is 0. The number of aromatic nitrogens is 3. The van der Waals surface area contributed by atoms with E-state index >= 15 is 0 Å². The van der Waals surface area contributed by atoms with Gasteiger partial charge in [-0.1, -0.05) is 35.0 Å². The van der Waals surface area contributed by atoms with Crippen LogP contribution in [0, 0.1) is 13.8 Å². The molecule has 0 saturated carbocycles. The van der Waals surface area contributed by atoms with E-state index in [-0.39, 0.29) is 12.5 Å². The summed E-state index contributed by atoms with van der Waals surface area (Å²) in [6.45, 7) is 5.00. The number of rotatable bonds is 5. The first-order chi connectivity index (χ1) is 14.6. The van der Waals surface area contributed by atoms with Crippen LogP contribution in [0.1, 0.15) is 44.3 Å². The molecule has 0 fully saturated rings. The van der Waals surface area contributed by atoms with Crippen molar-refractivity contribution in [1.82, 2.24) is 20.3 Å². The Kier molecular flexibility index (Phi) is 4.50. The fraction of sp³-hybridized carbons (Fsp3) is 0.261. The number of furan rings is 1. The Morgan fingerprint density at radius 1 is 1.17 bits per heavy atom. The Bertz CT molecular complexity index is 1200. The highest BCUT2D eigenvalue weighted by Gasteiger charge is 2.29. The standard InChI is InChI=1S/C23H22N4O3/c1-14-3-5-16(6-4-14)12-27-13-17-7-8-19-20(21(17)25-27)15(2)22(30-19)23(28)24-11-18-9-10-29-26-18/h3-6,9-10,13H,7-8,11-12H2,1-2H3,(H,24,28). The van der Waals surface area contributed by atoms with Gasteiger partial charge in [0.2, 0.25) is 0 Å². The quantitative estimate of drug-likeness (QED) is 0.548. The van der Waals surface area contributed by atoms with Crippen molar-refractivity contribution in [3.8, 4) is 11.3 Å². The number of aryl methyl sites for hydroxylation is 3. The summed E-state index contributed by atoms with van der Waals surface area (Å²) in [6.07, 6.45) is 5.20. The number of nitrogens with one attached hydrogen (secondary N) is 1. The number of hydrogen-bond acceptors (Lipinski definition) is 5. The van der Waals surface area contributed by atoms with Gasteiger partial charge < -0.3 is 14.3 Å². The molecule has 0 spiro atoms. The molecule has 0 radical (unpaired) electrons. The SMILES string of the molecule is Cc1ccc(Cn2cc3c(n2)-c2c(oc(C(=O)NCc4ccon4)c2C)CC3)cc1. The molecule has 3 aromatic heterocycles. The summed E-state index contributed by atoms with van der Waals surface area (Å²) in [6, 6.07) is 10.2. The first-order valence-electron chi connectivity index (χ1n) is 10.0. The average Bonchev–Trinajstić information content (AvgIpc) is 3.46. The zero-order valence-corrected chi connectivity index (χ0v) is 16.9. The largest absolute Gasteiger partial charge is 0.455 e. The van der Waals surface area contributed by atoms with E-state index < -0.39 is 0 Å². The fourth-order valence-corrected chi connectivity index (χ4v) is 3.92. The van der Waals surface area contributed by atoms with E-state index in [0.717, 1.165) is 35.4 Å². The molecule has 1 aromatic carbocycles. The van der Waals surface area contributed by atoms with Crippen molar-refractivity contribution in [2.45, 2.75) is 39.8 Å². The second-order valence-corrected chi connectivity index (χ2v) is 7.71. The van der Waals surface area contributed by atoms with Crippen LogP contribution in [0.15, 0.2) is 51.7 Å². The van der Waals surface area contributed by atoms with E-state index in [1.54, 1.807) is 6.07 Å². The molecule has 0 saturated heterocycles. The maximum atomic E-state index is 12.7. The zero-order chi connectivity index (χ0) is 20.7. The van der Waals surface area contributed by atoms with E-state index in [0.29, 0.717) is 18.0 Å². The Morgan fingerprint density at radius 2 is 2.00 bits per heavy atom. The molecule has 7 heteroatoms. The maximum Gasteiger partial charge on any atom is 0.287 e. The number of amides is 1. The van der Waals surface area contributed by atoms with Gasteiger partial charge in [0.1, 0.15) is 17.7 Å². The molecule has 1 aliphatic carbocycles. The number of nitrogens with zero attached hydrogens (tertiary/aromatic N) is 3. The van der Waals surface area contributed by atoms with Crippen LogP contribution in [-0.2, 0) is 25.9 Å². The van der Waals surface area contributed by atoms with Crippen LogP contribution < -0.4 is 5.32 Å². The predicted octanol–water partition coefficient (Wildman–Crippen LogP) is 3.82. The molecule has 0 unspecified atom stereocenters. The molecule has 0 bridgehead atoms. The molecule has 1 N–H and O–H groups in total. The van der Waals surface area contributed by atoms with Gasteiger partial charge in [0.25, 0.3) is 5.91 Å². The van der Waals surface area contributed by atoms with Crippen molar-refractivity contribution < 1.29 is 13.7 Å². The van der Waals surface area contributed by atoms with Crippen molar-refractivity contribution in [1.29, 1.82) is 0 Å². The van der Waals surface area contributed by atoms with Crippen LogP contribution >= 0.6 is 0 Å². The number of hydrogen-bond donors (Lipinski definition) is 1. The third kappa shape index (κ3) is 3.32. The van der Waals surface area contributed by atoms with Crippen LogP contribution in [0.3, 0.4) is 0 Å². The molecule has 30 heavy (non-hydrogen) atoms. The summed E-state index contributed by atoms with van der Waals surface area (Å²) in [5, 5.41) is 11.5. The van der Waals surface area contributed by atoms with Crippen molar-refractivity contribution in [3.63, 3.8) is 0 Å². The molecular weight excluding hydrogens is 380 g/mol. The average molecular weight is 402 g/mol. The van der Waals surface area contributed by atoms with E-state index in [9.17, 15) is 4.79 Å². The van der Waals surface area contributed by atoms with E-state index in [4.69, 9.17) is 14.0 Å². The van der Waals surface area contributed by atoms with Crippen LogP contribution in [0.4, 0.5) is 0 Å². The van der Waals surface area contributed by atoms with Gasteiger partial charge in [-0.15, -0.1) is 0 Å².